The van der Waals surface area contributed by atoms with E-state index in [1.165, 1.54) is 6.07 Å². The zero-order chi connectivity index (χ0) is 18.7. The quantitative estimate of drug-likeness (QED) is 0.750. The number of carbonyl (C=O) groups excluding carboxylic acids is 1. The molecule has 2 aromatic rings. The lowest BCUT2D eigenvalue weighted by Crippen LogP contribution is -2.27. The van der Waals surface area contributed by atoms with E-state index in [0.29, 0.717) is 29.8 Å². The summed E-state index contributed by atoms with van der Waals surface area (Å²) >= 11 is 0. The fourth-order valence-corrected chi connectivity index (χ4v) is 3.22. The number of pyridine rings is 1. The van der Waals surface area contributed by atoms with Gasteiger partial charge < -0.3 is 10.3 Å². The Morgan fingerprint density at radius 1 is 1.35 bits per heavy atom. The minimum Gasteiger partial charge on any atom is -0.326 e. The molecule has 8 heteroatoms. The average Bonchev–Trinajstić information content (AvgIpc) is 2.95. The van der Waals surface area contributed by atoms with Gasteiger partial charge in [0.25, 0.3) is 5.91 Å². The van der Waals surface area contributed by atoms with Gasteiger partial charge in [0.15, 0.2) is 5.82 Å². The van der Waals surface area contributed by atoms with E-state index in [4.69, 9.17) is 0 Å². The zero-order valence-corrected chi connectivity index (χ0v) is 15.5. The molecule has 2 aromatic heterocycles. The van der Waals surface area contributed by atoms with Crippen LogP contribution in [0.15, 0.2) is 16.9 Å². The molecule has 0 radical (unpaired) electrons. The van der Waals surface area contributed by atoms with Crippen LogP contribution in [0.4, 0.5) is 5.95 Å². The van der Waals surface area contributed by atoms with Crippen LogP contribution in [-0.2, 0) is 13.5 Å². The topological polar surface area (TPSA) is 105 Å². The standard InChI is InChI=1S/C18H26N6O2/c1-11(2)8-14-9-13(10-15(25)20-14)17(26)22-18-21-16(23-24(18)3)12-4-6-19-7-5-12/h9-12,19H,4-8H2,1-3H3,(H,20,25)(H,21,22,23,26). The van der Waals surface area contributed by atoms with Crippen LogP contribution in [0, 0.1) is 5.92 Å². The van der Waals surface area contributed by atoms with Crippen molar-refractivity contribution in [3.63, 3.8) is 0 Å². The third kappa shape index (κ3) is 4.37. The second-order valence-corrected chi connectivity index (χ2v) is 7.25. The van der Waals surface area contributed by atoms with Gasteiger partial charge in [-0.3, -0.25) is 14.9 Å². The molecule has 1 fully saturated rings. The molecule has 3 heterocycles. The maximum absolute atomic E-state index is 12.6. The minimum absolute atomic E-state index is 0.276. The van der Waals surface area contributed by atoms with Gasteiger partial charge in [0.2, 0.25) is 11.5 Å². The highest BCUT2D eigenvalue weighted by Crippen LogP contribution is 2.23. The molecule has 26 heavy (non-hydrogen) atoms. The number of rotatable bonds is 5. The third-order valence-electron chi connectivity index (χ3n) is 4.50. The van der Waals surface area contributed by atoms with Gasteiger partial charge in [0.05, 0.1) is 0 Å². The minimum atomic E-state index is -0.353. The van der Waals surface area contributed by atoms with Crippen molar-refractivity contribution in [2.75, 3.05) is 18.4 Å². The Balaban J connectivity index is 1.76. The molecular formula is C18H26N6O2. The molecule has 140 valence electrons. The molecule has 0 spiro atoms. The summed E-state index contributed by atoms with van der Waals surface area (Å²) in [6.45, 7) is 6.03. The summed E-state index contributed by atoms with van der Waals surface area (Å²) in [6.07, 6.45) is 2.69. The number of nitrogens with one attached hydrogen (secondary N) is 3. The Morgan fingerprint density at radius 3 is 2.77 bits per heavy atom. The lowest BCUT2D eigenvalue weighted by molar-refractivity contribution is 0.102. The van der Waals surface area contributed by atoms with E-state index in [-0.39, 0.29) is 11.5 Å². The van der Waals surface area contributed by atoms with Crippen LogP contribution >= 0.6 is 0 Å². The first-order valence-corrected chi connectivity index (χ1v) is 9.08. The zero-order valence-electron chi connectivity index (χ0n) is 15.5. The summed E-state index contributed by atoms with van der Waals surface area (Å²) in [4.78, 5) is 31.7. The van der Waals surface area contributed by atoms with E-state index < -0.39 is 0 Å². The second kappa shape index (κ2) is 7.82. The maximum atomic E-state index is 12.6. The molecule has 0 aliphatic carbocycles. The van der Waals surface area contributed by atoms with Crippen LogP contribution in [0.3, 0.4) is 0 Å². The van der Waals surface area contributed by atoms with Crippen molar-refractivity contribution in [2.24, 2.45) is 13.0 Å². The second-order valence-electron chi connectivity index (χ2n) is 7.25. The molecule has 1 saturated heterocycles. The molecule has 0 aromatic carbocycles. The number of piperidine rings is 1. The first kappa shape index (κ1) is 18.3. The van der Waals surface area contributed by atoms with Gasteiger partial charge >= 0.3 is 0 Å². The van der Waals surface area contributed by atoms with Gasteiger partial charge in [0.1, 0.15) is 0 Å². The molecule has 3 rings (SSSR count). The normalized spacial score (nSPS) is 15.4. The Bertz CT molecular complexity index is 832. The van der Waals surface area contributed by atoms with Crippen LogP contribution in [0.2, 0.25) is 0 Å². The number of nitrogens with zero attached hydrogens (tertiary/aromatic N) is 3. The van der Waals surface area contributed by atoms with Crippen molar-refractivity contribution in [3.8, 4) is 0 Å². The highest BCUT2D eigenvalue weighted by molar-refractivity contribution is 6.03. The SMILES string of the molecule is CC(C)Cc1cc(C(=O)Nc2nc(C3CCNCC3)nn2C)cc(=O)[nH]1. The summed E-state index contributed by atoms with van der Waals surface area (Å²) in [5.74, 6) is 1.50. The number of amides is 1. The van der Waals surface area contributed by atoms with Crippen LogP contribution in [0.1, 0.15) is 54.5 Å². The molecular weight excluding hydrogens is 332 g/mol. The smallest absolute Gasteiger partial charge is 0.258 e. The lowest BCUT2D eigenvalue weighted by Gasteiger charge is -2.19. The number of carbonyl (C=O) groups is 1. The monoisotopic (exact) mass is 358 g/mol. The van der Waals surface area contributed by atoms with Crippen molar-refractivity contribution < 1.29 is 4.79 Å². The number of aromatic amines is 1. The summed E-state index contributed by atoms with van der Waals surface area (Å²) in [7, 11) is 1.76. The molecule has 8 nitrogen and oxygen atoms in total. The molecule has 0 unspecified atom stereocenters. The Kier molecular flexibility index (Phi) is 5.51. The number of hydrogen-bond donors (Lipinski definition) is 3. The van der Waals surface area contributed by atoms with Gasteiger partial charge in [-0.2, -0.15) is 10.1 Å². The fourth-order valence-electron chi connectivity index (χ4n) is 3.22. The summed E-state index contributed by atoms with van der Waals surface area (Å²) in [6, 6.07) is 3.03. The van der Waals surface area contributed by atoms with Gasteiger partial charge in [-0.1, -0.05) is 13.8 Å². The Labute approximate surface area is 152 Å². The van der Waals surface area contributed by atoms with Gasteiger partial charge in [0, 0.05) is 30.3 Å². The van der Waals surface area contributed by atoms with Crippen LogP contribution in [-0.4, -0.2) is 38.7 Å². The van der Waals surface area contributed by atoms with Crippen LogP contribution in [0.5, 0.6) is 0 Å². The van der Waals surface area contributed by atoms with Crippen molar-refractivity contribution in [1.82, 2.24) is 25.1 Å². The Morgan fingerprint density at radius 2 is 2.08 bits per heavy atom. The van der Waals surface area contributed by atoms with Crippen LogP contribution < -0.4 is 16.2 Å². The maximum Gasteiger partial charge on any atom is 0.258 e. The van der Waals surface area contributed by atoms with E-state index in [9.17, 15) is 9.59 Å². The van der Waals surface area contributed by atoms with E-state index in [0.717, 1.165) is 37.4 Å². The number of H-pyrrole nitrogens is 1. The number of anilines is 1. The molecule has 3 N–H and O–H groups in total. The molecule has 0 bridgehead atoms. The molecule has 1 amide bonds. The summed E-state index contributed by atoms with van der Waals surface area (Å²) < 4.78 is 1.58. The number of aryl methyl sites for hydroxylation is 1. The Hall–Kier alpha value is -2.48. The average molecular weight is 358 g/mol. The largest absolute Gasteiger partial charge is 0.326 e. The van der Waals surface area contributed by atoms with E-state index in [1.807, 2.05) is 0 Å². The first-order valence-electron chi connectivity index (χ1n) is 9.08. The van der Waals surface area contributed by atoms with Gasteiger partial charge in [-0.05, 0) is 44.3 Å². The molecule has 0 saturated carbocycles. The van der Waals surface area contributed by atoms with E-state index >= 15 is 0 Å². The third-order valence-corrected chi connectivity index (χ3v) is 4.50. The highest BCUT2D eigenvalue weighted by Gasteiger charge is 2.21. The van der Waals surface area contributed by atoms with E-state index in [1.54, 1.807) is 17.8 Å². The lowest BCUT2D eigenvalue weighted by atomic mass is 9.98. The molecule has 0 atom stereocenters. The predicted octanol–water partition coefficient (Wildman–Crippen LogP) is 1.42. The van der Waals surface area contributed by atoms with Crippen LogP contribution in [0.25, 0.3) is 0 Å². The summed E-state index contributed by atoms with van der Waals surface area (Å²) in [5.41, 5.74) is 0.809. The fraction of sp³-hybridized carbons (Fsp3) is 0.556. The van der Waals surface area contributed by atoms with Crippen molar-refractivity contribution in [2.45, 2.75) is 39.0 Å². The van der Waals surface area contributed by atoms with Crippen molar-refractivity contribution >= 4 is 11.9 Å². The predicted molar refractivity (Wildman–Crippen MR) is 99.4 cm³/mol. The number of aromatic nitrogens is 4. The van der Waals surface area contributed by atoms with Crippen molar-refractivity contribution in [3.05, 3.63) is 39.6 Å². The van der Waals surface area contributed by atoms with Gasteiger partial charge in [-0.15, -0.1) is 0 Å². The van der Waals surface area contributed by atoms with Crippen molar-refractivity contribution in [1.29, 1.82) is 0 Å². The summed E-state index contributed by atoms with van der Waals surface area (Å²) in [5, 5.41) is 10.5. The van der Waals surface area contributed by atoms with Gasteiger partial charge in [-0.25, -0.2) is 4.68 Å². The highest BCUT2D eigenvalue weighted by atomic mass is 16.2. The number of hydrogen-bond acceptors (Lipinski definition) is 5. The first-order chi connectivity index (χ1) is 12.4. The molecule has 1 aliphatic heterocycles. The molecule has 1 aliphatic rings. The van der Waals surface area contributed by atoms with E-state index in [2.05, 4.69) is 39.5 Å².